The average Bonchev–Trinajstić information content (AvgIpc) is 3.05. The second-order valence-corrected chi connectivity index (χ2v) is 6.72. The minimum Gasteiger partial charge on any atom is -0.497 e. The minimum atomic E-state index is -0.166. The summed E-state index contributed by atoms with van der Waals surface area (Å²) in [7, 11) is 1.61. The summed E-state index contributed by atoms with van der Waals surface area (Å²) in [5.74, 6) is 1.79. The molecule has 1 amide bonds. The fourth-order valence-corrected chi connectivity index (χ4v) is 3.51. The Hall–Kier alpha value is -3.09. The number of ether oxygens (including phenoxy) is 1. The zero-order valence-corrected chi connectivity index (χ0v) is 15.4. The van der Waals surface area contributed by atoms with Crippen LogP contribution in [0.1, 0.15) is 29.0 Å². The highest BCUT2D eigenvalue weighted by Gasteiger charge is 2.25. The lowest BCUT2D eigenvalue weighted by atomic mass is 10.0. The largest absolute Gasteiger partial charge is 0.497 e. The SMILES string of the molecule is COc1ccc2c(C)c(C(=O)NC3CCN(c4cnccn4)CC3)oc2c1. The first-order valence-electron chi connectivity index (χ1n) is 9.04. The number of rotatable bonds is 4. The molecule has 0 unspecified atom stereocenters. The maximum Gasteiger partial charge on any atom is 0.287 e. The first-order chi connectivity index (χ1) is 13.2. The zero-order valence-electron chi connectivity index (χ0n) is 15.4. The lowest BCUT2D eigenvalue weighted by molar-refractivity contribution is 0.0904. The van der Waals surface area contributed by atoms with Crippen molar-refractivity contribution in [3.63, 3.8) is 0 Å². The van der Waals surface area contributed by atoms with Crippen molar-refractivity contribution >= 4 is 22.7 Å². The summed E-state index contributed by atoms with van der Waals surface area (Å²) in [4.78, 5) is 23.4. The van der Waals surface area contributed by atoms with Crippen LogP contribution in [-0.2, 0) is 0 Å². The Morgan fingerprint density at radius 2 is 2.11 bits per heavy atom. The molecule has 1 aromatic carbocycles. The van der Waals surface area contributed by atoms with Crippen molar-refractivity contribution in [3.8, 4) is 5.75 Å². The van der Waals surface area contributed by atoms with Crippen LogP contribution in [0.25, 0.3) is 11.0 Å². The molecule has 140 valence electrons. The number of amides is 1. The smallest absolute Gasteiger partial charge is 0.287 e. The van der Waals surface area contributed by atoms with Crippen molar-refractivity contribution < 1.29 is 13.9 Å². The van der Waals surface area contributed by atoms with E-state index in [1.165, 1.54) is 0 Å². The summed E-state index contributed by atoms with van der Waals surface area (Å²) in [6, 6.07) is 5.71. The van der Waals surface area contributed by atoms with Crippen molar-refractivity contribution in [3.05, 3.63) is 48.1 Å². The van der Waals surface area contributed by atoms with Crippen LogP contribution in [0, 0.1) is 6.92 Å². The summed E-state index contributed by atoms with van der Waals surface area (Å²) in [6.45, 7) is 3.57. The Labute approximate surface area is 157 Å². The second-order valence-electron chi connectivity index (χ2n) is 6.72. The van der Waals surface area contributed by atoms with Gasteiger partial charge in [-0.25, -0.2) is 4.98 Å². The Morgan fingerprint density at radius 1 is 1.30 bits per heavy atom. The molecule has 1 N–H and O–H groups in total. The van der Waals surface area contributed by atoms with Gasteiger partial charge in [0, 0.05) is 48.5 Å². The summed E-state index contributed by atoms with van der Waals surface area (Å²) < 4.78 is 11.0. The van der Waals surface area contributed by atoms with Gasteiger partial charge in [-0.3, -0.25) is 9.78 Å². The number of hydrogen-bond donors (Lipinski definition) is 1. The van der Waals surface area contributed by atoms with Crippen molar-refractivity contribution in [2.24, 2.45) is 0 Å². The van der Waals surface area contributed by atoms with Crippen LogP contribution in [0.3, 0.4) is 0 Å². The first kappa shape index (κ1) is 17.3. The highest BCUT2D eigenvalue weighted by Crippen LogP contribution is 2.29. The number of aryl methyl sites for hydroxylation is 1. The third kappa shape index (κ3) is 3.45. The number of carbonyl (C=O) groups is 1. The van der Waals surface area contributed by atoms with Gasteiger partial charge in [-0.05, 0) is 31.9 Å². The number of nitrogens with one attached hydrogen (secondary N) is 1. The quantitative estimate of drug-likeness (QED) is 0.765. The Balaban J connectivity index is 1.43. The number of piperidine rings is 1. The maximum atomic E-state index is 12.7. The molecule has 2 aromatic heterocycles. The number of methoxy groups -OCH3 is 1. The molecule has 1 aliphatic rings. The summed E-state index contributed by atoms with van der Waals surface area (Å²) in [6.07, 6.45) is 6.85. The molecule has 0 aliphatic carbocycles. The monoisotopic (exact) mass is 366 g/mol. The predicted molar refractivity (Wildman–Crippen MR) is 102 cm³/mol. The molecule has 0 saturated carbocycles. The van der Waals surface area contributed by atoms with E-state index in [9.17, 15) is 4.79 Å². The number of carbonyl (C=O) groups excluding carboxylic acids is 1. The molecule has 1 aliphatic heterocycles. The van der Waals surface area contributed by atoms with E-state index in [1.54, 1.807) is 31.8 Å². The second kappa shape index (κ2) is 7.26. The molecule has 0 bridgehead atoms. The van der Waals surface area contributed by atoms with E-state index in [4.69, 9.17) is 9.15 Å². The van der Waals surface area contributed by atoms with Gasteiger partial charge in [-0.15, -0.1) is 0 Å². The molecule has 27 heavy (non-hydrogen) atoms. The number of benzene rings is 1. The summed E-state index contributed by atoms with van der Waals surface area (Å²) in [5, 5.41) is 4.04. The van der Waals surface area contributed by atoms with Crippen molar-refractivity contribution in [2.75, 3.05) is 25.1 Å². The summed E-state index contributed by atoms with van der Waals surface area (Å²) in [5.41, 5.74) is 1.51. The zero-order chi connectivity index (χ0) is 18.8. The van der Waals surface area contributed by atoms with Gasteiger partial charge >= 0.3 is 0 Å². The van der Waals surface area contributed by atoms with E-state index in [0.717, 1.165) is 42.7 Å². The van der Waals surface area contributed by atoms with E-state index in [2.05, 4.69) is 20.2 Å². The molecular weight excluding hydrogens is 344 g/mol. The lowest BCUT2D eigenvalue weighted by Gasteiger charge is -2.32. The minimum absolute atomic E-state index is 0.118. The van der Waals surface area contributed by atoms with Crippen molar-refractivity contribution in [2.45, 2.75) is 25.8 Å². The molecule has 7 nitrogen and oxygen atoms in total. The van der Waals surface area contributed by atoms with Gasteiger partial charge in [0.05, 0.1) is 13.3 Å². The number of fused-ring (bicyclic) bond motifs is 1. The number of furan rings is 1. The third-order valence-corrected chi connectivity index (χ3v) is 5.06. The fourth-order valence-electron chi connectivity index (χ4n) is 3.51. The molecular formula is C20H22N4O3. The third-order valence-electron chi connectivity index (χ3n) is 5.06. The first-order valence-corrected chi connectivity index (χ1v) is 9.04. The number of hydrogen-bond acceptors (Lipinski definition) is 6. The van der Waals surface area contributed by atoms with E-state index in [-0.39, 0.29) is 11.9 Å². The molecule has 1 fully saturated rings. The average molecular weight is 366 g/mol. The molecule has 0 spiro atoms. The standard InChI is InChI=1S/C20H22N4O3/c1-13-16-4-3-15(26-2)11-17(16)27-19(13)20(25)23-14-5-9-24(10-6-14)18-12-21-7-8-22-18/h3-4,7-8,11-12,14H,5-6,9-10H2,1-2H3,(H,23,25). The number of nitrogens with zero attached hydrogens (tertiary/aromatic N) is 3. The van der Waals surface area contributed by atoms with Crippen molar-refractivity contribution in [1.29, 1.82) is 0 Å². The lowest BCUT2D eigenvalue weighted by Crippen LogP contribution is -2.45. The molecule has 3 heterocycles. The van der Waals surface area contributed by atoms with Crippen LogP contribution in [0.2, 0.25) is 0 Å². The predicted octanol–water partition coefficient (Wildman–Crippen LogP) is 2.94. The molecule has 0 radical (unpaired) electrons. The molecule has 7 heteroatoms. The summed E-state index contributed by atoms with van der Waals surface area (Å²) >= 11 is 0. The van der Waals surface area contributed by atoms with Gasteiger partial charge in [-0.1, -0.05) is 0 Å². The maximum absolute atomic E-state index is 12.7. The number of aromatic nitrogens is 2. The van der Waals surface area contributed by atoms with Gasteiger partial charge in [-0.2, -0.15) is 0 Å². The normalized spacial score (nSPS) is 15.1. The highest BCUT2D eigenvalue weighted by molar-refractivity contribution is 5.99. The van der Waals surface area contributed by atoms with E-state index in [1.807, 2.05) is 19.1 Å². The molecule has 1 saturated heterocycles. The molecule has 3 aromatic rings. The Kier molecular flexibility index (Phi) is 4.66. The fraction of sp³-hybridized carbons (Fsp3) is 0.350. The van der Waals surface area contributed by atoms with Gasteiger partial charge in [0.1, 0.15) is 17.2 Å². The van der Waals surface area contributed by atoms with Crippen LogP contribution >= 0.6 is 0 Å². The van der Waals surface area contributed by atoms with Crippen molar-refractivity contribution in [1.82, 2.24) is 15.3 Å². The van der Waals surface area contributed by atoms with E-state index < -0.39 is 0 Å². The molecule has 4 rings (SSSR count). The van der Waals surface area contributed by atoms with Gasteiger partial charge in [0.2, 0.25) is 0 Å². The Bertz CT molecular complexity index is 947. The number of anilines is 1. The van der Waals surface area contributed by atoms with Crippen LogP contribution < -0.4 is 15.0 Å². The topological polar surface area (TPSA) is 80.5 Å². The van der Waals surface area contributed by atoms with E-state index >= 15 is 0 Å². The van der Waals surface area contributed by atoms with Gasteiger partial charge in [0.15, 0.2) is 5.76 Å². The van der Waals surface area contributed by atoms with Gasteiger partial charge in [0.25, 0.3) is 5.91 Å². The highest BCUT2D eigenvalue weighted by atomic mass is 16.5. The van der Waals surface area contributed by atoms with Crippen LogP contribution in [0.5, 0.6) is 5.75 Å². The Morgan fingerprint density at radius 3 is 2.81 bits per heavy atom. The van der Waals surface area contributed by atoms with Crippen LogP contribution in [0.15, 0.2) is 41.2 Å². The van der Waals surface area contributed by atoms with Gasteiger partial charge < -0.3 is 19.4 Å². The van der Waals surface area contributed by atoms with E-state index in [0.29, 0.717) is 17.1 Å². The van der Waals surface area contributed by atoms with Crippen LogP contribution in [-0.4, -0.2) is 42.1 Å². The van der Waals surface area contributed by atoms with Crippen LogP contribution in [0.4, 0.5) is 5.82 Å². The molecule has 0 atom stereocenters.